The van der Waals surface area contributed by atoms with E-state index in [1.54, 1.807) is 0 Å². The highest BCUT2D eigenvalue weighted by molar-refractivity contribution is 6.39. The van der Waals surface area contributed by atoms with E-state index in [9.17, 15) is 10.1 Å². The first-order chi connectivity index (χ1) is 7.41. The quantitative estimate of drug-likeness (QED) is 0.668. The molecule has 86 valence electrons. The average molecular weight is 282 g/mol. The topological polar surface area (TPSA) is 55.2 Å². The fourth-order valence-electron chi connectivity index (χ4n) is 1.02. The van der Waals surface area contributed by atoms with Gasteiger partial charge < -0.3 is 5.32 Å². The fourth-order valence-corrected chi connectivity index (χ4v) is 1.69. The highest BCUT2D eigenvalue weighted by Crippen LogP contribution is 2.34. The molecule has 0 amide bonds. The second-order valence-corrected chi connectivity index (χ2v) is 4.26. The maximum Gasteiger partial charge on any atom is 0.272 e. The zero-order chi connectivity index (χ0) is 12.3. The smallest absolute Gasteiger partial charge is 0.272 e. The van der Waals surface area contributed by atoms with Gasteiger partial charge in [0.05, 0.1) is 27.2 Å². The molecule has 1 aromatic carbocycles. The Morgan fingerprint density at radius 3 is 2.31 bits per heavy atom. The van der Waals surface area contributed by atoms with E-state index in [1.807, 2.05) is 0 Å². The summed E-state index contributed by atoms with van der Waals surface area (Å²) in [7, 11) is 0. The Labute approximate surface area is 107 Å². The van der Waals surface area contributed by atoms with Crippen LogP contribution >= 0.6 is 34.8 Å². The normalized spacial score (nSPS) is 9.94. The minimum atomic E-state index is -0.567. The van der Waals surface area contributed by atoms with Crippen molar-refractivity contribution < 1.29 is 4.92 Å². The molecule has 0 radical (unpaired) electrons. The summed E-state index contributed by atoms with van der Waals surface area (Å²) >= 11 is 17.2. The van der Waals surface area contributed by atoms with Crippen LogP contribution < -0.4 is 5.32 Å². The summed E-state index contributed by atoms with van der Waals surface area (Å²) in [6.45, 7) is 3.76. The molecule has 1 rings (SSSR count). The number of nitrogens with one attached hydrogen (secondary N) is 1. The zero-order valence-electron chi connectivity index (χ0n) is 7.97. The molecule has 0 aliphatic heterocycles. The minimum absolute atomic E-state index is 0.162. The van der Waals surface area contributed by atoms with Crippen molar-refractivity contribution in [1.82, 2.24) is 0 Å². The van der Waals surface area contributed by atoms with Crippen LogP contribution in [-0.4, -0.2) is 11.5 Å². The molecule has 0 bridgehead atoms. The molecule has 1 N–H and O–H groups in total. The lowest BCUT2D eigenvalue weighted by Gasteiger charge is -2.09. The Hall–Kier alpha value is -0.970. The van der Waals surface area contributed by atoms with Gasteiger partial charge in [0.2, 0.25) is 0 Å². The van der Waals surface area contributed by atoms with E-state index >= 15 is 0 Å². The lowest BCUT2D eigenvalue weighted by atomic mass is 10.2. The molecule has 1 aromatic rings. The number of nitrogens with zero attached hydrogens (tertiary/aromatic N) is 1. The van der Waals surface area contributed by atoms with E-state index < -0.39 is 4.92 Å². The third-order valence-electron chi connectivity index (χ3n) is 1.69. The summed E-state index contributed by atoms with van der Waals surface area (Å²) in [5, 5.41) is 14.1. The minimum Gasteiger partial charge on any atom is -0.378 e. The van der Waals surface area contributed by atoms with Gasteiger partial charge in [-0.2, -0.15) is 0 Å². The fraction of sp³-hybridized carbons (Fsp3) is 0.111. The molecule has 0 unspecified atom stereocenters. The molecule has 4 nitrogen and oxygen atoms in total. The molecule has 0 saturated heterocycles. The summed E-state index contributed by atoms with van der Waals surface area (Å²) in [6.07, 6.45) is 0. The van der Waals surface area contributed by atoms with Crippen LogP contribution in [0.1, 0.15) is 0 Å². The van der Waals surface area contributed by atoms with Crippen molar-refractivity contribution in [1.29, 1.82) is 0 Å². The molecule has 0 heterocycles. The molecule has 0 aromatic heterocycles. The second-order valence-electron chi connectivity index (χ2n) is 2.91. The third-order valence-corrected chi connectivity index (χ3v) is 2.42. The second kappa shape index (κ2) is 5.39. The highest BCUT2D eigenvalue weighted by Gasteiger charge is 2.14. The van der Waals surface area contributed by atoms with E-state index in [-0.39, 0.29) is 22.3 Å². The molecule has 16 heavy (non-hydrogen) atoms. The van der Waals surface area contributed by atoms with Crippen LogP contribution in [0, 0.1) is 10.1 Å². The standard InChI is InChI=1S/C9H7Cl3N2O2/c1-5(10)4-13-9-7(11)2-6(14(15)16)3-8(9)12/h2-3,13H,1,4H2. The van der Waals surface area contributed by atoms with Gasteiger partial charge in [-0.15, -0.1) is 0 Å². The monoisotopic (exact) mass is 280 g/mol. The molecule has 0 atom stereocenters. The van der Waals surface area contributed by atoms with Crippen LogP contribution in [0.4, 0.5) is 11.4 Å². The maximum atomic E-state index is 10.5. The number of rotatable bonds is 4. The van der Waals surface area contributed by atoms with Crippen molar-refractivity contribution >= 4 is 46.2 Å². The zero-order valence-corrected chi connectivity index (χ0v) is 10.2. The number of hydrogen-bond acceptors (Lipinski definition) is 3. The largest absolute Gasteiger partial charge is 0.378 e. The Balaban J connectivity index is 3.03. The summed E-state index contributed by atoms with van der Waals surface area (Å²) in [6, 6.07) is 2.43. The van der Waals surface area contributed by atoms with Crippen molar-refractivity contribution in [3.8, 4) is 0 Å². The lowest BCUT2D eigenvalue weighted by molar-refractivity contribution is -0.384. The van der Waals surface area contributed by atoms with Crippen LogP contribution in [0.5, 0.6) is 0 Å². The van der Waals surface area contributed by atoms with Crippen molar-refractivity contribution in [3.05, 3.63) is 43.9 Å². The molecular formula is C9H7Cl3N2O2. The van der Waals surface area contributed by atoms with Crippen LogP contribution in [0.25, 0.3) is 0 Å². The molecule has 0 aliphatic rings. The number of hydrogen-bond donors (Lipinski definition) is 1. The summed E-state index contributed by atoms with van der Waals surface area (Å²) in [4.78, 5) is 9.95. The van der Waals surface area contributed by atoms with E-state index in [2.05, 4.69) is 11.9 Å². The first kappa shape index (κ1) is 13.1. The summed E-state index contributed by atoms with van der Waals surface area (Å²) in [5.41, 5.74) is 0.237. The van der Waals surface area contributed by atoms with Crippen LogP contribution in [0.15, 0.2) is 23.7 Å². The SMILES string of the molecule is C=C(Cl)CNc1c(Cl)cc([N+](=O)[O-])cc1Cl. The van der Waals surface area contributed by atoms with Crippen LogP contribution in [-0.2, 0) is 0 Å². The van der Waals surface area contributed by atoms with Gasteiger partial charge in [-0.3, -0.25) is 10.1 Å². The lowest BCUT2D eigenvalue weighted by Crippen LogP contribution is -2.02. The first-order valence-corrected chi connectivity index (χ1v) is 5.25. The predicted octanol–water partition coefficient (Wildman–Crippen LogP) is 4.07. The molecular weight excluding hydrogens is 274 g/mol. The van der Waals surface area contributed by atoms with Crippen molar-refractivity contribution in [2.24, 2.45) is 0 Å². The highest BCUT2D eigenvalue weighted by atomic mass is 35.5. The van der Waals surface area contributed by atoms with Gasteiger partial charge in [0.1, 0.15) is 0 Å². The number of nitro benzene ring substituents is 1. The summed E-state index contributed by atoms with van der Waals surface area (Å²) in [5.74, 6) is 0. The van der Waals surface area contributed by atoms with E-state index in [1.165, 1.54) is 12.1 Å². The van der Waals surface area contributed by atoms with Crippen molar-refractivity contribution in [2.45, 2.75) is 0 Å². The van der Waals surface area contributed by atoms with Gasteiger partial charge in [0.15, 0.2) is 0 Å². The summed E-state index contributed by atoms with van der Waals surface area (Å²) < 4.78 is 0. The molecule has 0 fully saturated rings. The molecule has 7 heteroatoms. The number of nitro groups is 1. The number of non-ortho nitro benzene ring substituents is 1. The van der Waals surface area contributed by atoms with Gasteiger partial charge >= 0.3 is 0 Å². The van der Waals surface area contributed by atoms with E-state index in [0.29, 0.717) is 10.7 Å². The van der Waals surface area contributed by atoms with Crippen molar-refractivity contribution in [3.63, 3.8) is 0 Å². The van der Waals surface area contributed by atoms with Crippen LogP contribution in [0.2, 0.25) is 10.0 Å². The third kappa shape index (κ3) is 3.27. The predicted molar refractivity (Wildman–Crippen MR) is 66.6 cm³/mol. The van der Waals surface area contributed by atoms with Crippen LogP contribution in [0.3, 0.4) is 0 Å². The average Bonchev–Trinajstić information content (AvgIpc) is 2.15. The van der Waals surface area contributed by atoms with Gasteiger partial charge in [-0.05, 0) is 0 Å². The Bertz CT molecular complexity index is 425. The van der Waals surface area contributed by atoms with Gasteiger partial charge in [-0.25, -0.2) is 0 Å². The Kier molecular flexibility index (Phi) is 4.41. The Morgan fingerprint density at radius 2 is 1.94 bits per heavy atom. The van der Waals surface area contributed by atoms with E-state index in [4.69, 9.17) is 34.8 Å². The number of anilines is 1. The maximum absolute atomic E-state index is 10.5. The number of benzene rings is 1. The van der Waals surface area contributed by atoms with E-state index in [0.717, 1.165) is 0 Å². The molecule has 0 spiro atoms. The van der Waals surface area contributed by atoms with Gasteiger partial charge in [-0.1, -0.05) is 41.4 Å². The van der Waals surface area contributed by atoms with Gasteiger partial charge in [0.25, 0.3) is 5.69 Å². The van der Waals surface area contributed by atoms with Gasteiger partial charge in [0, 0.05) is 17.2 Å². The molecule has 0 aliphatic carbocycles. The number of halogens is 3. The first-order valence-electron chi connectivity index (χ1n) is 4.12. The Morgan fingerprint density at radius 1 is 1.44 bits per heavy atom. The molecule has 0 saturated carbocycles. The van der Waals surface area contributed by atoms with Crippen molar-refractivity contribution in [2.75, 3.05) is 11.9 Å².